The molecule has 24 heavy (non-hydrogen) atoms. The Balaban J connectivity index is 1.44. The van der Waals surface area contributed by atoms with Gasteiger partial charge in [-0.15, -0.1) is 0 Å². The molecular weight excluding hydrogens is 300 g/mol. The zero-order valence-corrected chi connectivity index (χ0v) is 14.2. The zero-order chi connectivity index (χ0) is 16.5. The quantitative estimate of drug-likeness (QED) is 0.926. The van der Waals surface area contributed by atoms with Gasteiger partial charge in [0, 0.05) is 24.7 Å². The average molecular weight is 326 g/mol. The van der Waals surface area contributed by atoms with Gasteiger partial charge in [-0.05, 0) is 55.7 Å². The number of anilines is 1. The minimum atomic E-state index is -0.197. The van der Waals surface area contributed by atoms with E-state index in [9.17, 15) is 9.59 Å². The summed E-state index contributed by atoms with van der Waals surface area (Å²) in [5.74, 6) is -0.0162. The highest BCUT2D eigenvalue weighted by Crippen LogP contribution is 2.31. The van der Waals surface area contributed by atoms with E-state index in [4.69, 9.17) is 0 Å². The van der Waals surface area contributed by atoms with Gasteiger partial charge < -0.3 is 10.2 Å². The van der Waals surface area contributed by atoms with E-state index < -0.39 is 0 Å². The normalized spacial score (nSPS) is 24.2. The van der Waals surface area contributed by atoms with Crippen LogP contribution in [-0.4, -0.2) is 29.3 Å². The highest BCUT2D eigenvalue weighted by atomic mass is 16.2. The molecule has 0 aromatic heterocycles. The number of hydrogen-bond acceptors (Lipinski definition) is 2. The standard InChI is InChI=1S/C20H26N2O2/c23-19-12-15(13-22(19)16-8-2-3-9-16)20(24)21-18-11-5-7-14-6-1-4-10-17(14)18/h5,7,11,15-16H,1-4,6,8-10,12-13H2,(H,21,24). The lowest BCUT2D eigenvalue weighted by atomic mass is 9.90. The lowest BCUT2D eigenvalue weighted by Gasteiger charge is -2.24. The number of likely N-dealkylation sites (tertiary alicyclic amines) is 1. The predicted molar refractivity (Wildman–Crippen MR) is 93.8 cm³/mol. The first-order valence-corrected chi connectivity index (χ1v) is 9.43. The van der Waals surface area contributed by atoms with Crippen LogP contribution < -0.4 is 5.32 Å². The summed E-state index contributed by atoms with van der Waals surface area (Å²) in [6, 6.07) is 6.59. The second-order valence-corrected chi connectivity index (χ2v) is 7.53. The van der Waals surface area contributed by atoms with E-state index in [1.807, 2.05) is 17.0 Å². The highest BCUT2D eigenvalue weighted by Gasteiger charge is 2.38. The number of carbonyl (C=O) groups is 2. The number of nitrogens with one attached hydrogen (secondary N) is 1. The van der Waals surface area contributed by atoms with E-state index >= 15 is 0 Å². The van der Waals surface area contributed by atoms with E-state index in [0.717, 1.165) is 31.4 Å². The third kappa shape index (κ3) is 2.94. The third-order valence-corrected chi connectivity index (χ3v) is 5.95. The van der Waals surface area contributed by atoms with E-state index in [-0.39, 0.29) is 17.7 Å². The van der Waals surface area contributed by atoms with Gasteiger partial charge in [-0.3, -0.25) is 9.59 Å². The van der Waals surface area contributed by atoms with Gasteiger partial charge >= 0.3 is 0 Å². The summed E-state index contributed by atoms with van der Waals surface area (Å²) in [7, 11) is 0. The van der Waals surface area contributed by atoms with Gasteiger partial charge in [0.1, 0.15) is 0 Å². The smallest absolute Gasteiger partial charge is 0.229 e. The fourth-order valence-electron chi connectivity index (χ4n) is 4.61. The molecule has 4 nitrogen and oxygen atoms in total. The number of aryl methyl sites for hydroxylation is 1. The maximum Gasteiger partial charge on any atom is 0.229 e. The number of hydrogen-bond donors (Lipinski definition) is 1. The molecule has 1 unspecified atom stereocenters. The van der Waals surface area contributed by atoms with Crippen LogP contribution in [0.15, 0.2) is 18.2 Å². The first-order valence-electron chi connectivity index (χ1n) is 9.43. The molecule has 1 aromatic carbocycles. The zero-order valence-electron chi connectivity index (χ0n) is 14.2. The molecule has 4 heteroatoms. The lowest BCUT2D eigenvalue weighted by molar-refractivity contribution is -0.129. The molecule has 3 aliphatic rings. The summed E-state index contributed by atoms with van der Waals surface area (Å²) >= 11 is 0. The molecular formula is C20H26N2O2. The predicted octanol–water partition coefficient (Wildman–Crippen LogP) is 3.30. The topological polar surface area (TPSA) is 49.4 Å². The van der Waals surface area contributed by atoms with Crippen molar-refractivity contribution in [3.63, 3.8) is 0 Å². The molecule has 0 spiro atoms. The van der Waals surface area contributed by atoms with Crippen LogP contribution in [0.25, 0.3) is 0 Å². The summed E-state index contributed by atoms with van der Waals surface area (Å²) in [6.07, 6.45) is 9.58. The van der Waals surface area contributed by atoms with Gasteiger partial charge in [-0.2, -0.15) is 0 Å². The Bertz CT molecular complexity index is 649. The van der Waals surface area contributed by atoms with Crippen molar-refractivity contribution in [1.82, 2.24) is 4.90 Å². The first kappa shape index (κ1) is 15.7. The Labute approximate surface area is 143 Å². The number of amides is 2. The first-order chi connectivity index (χ1) is 11.7. The average Bonchev–Trinajstić information content (AvgIpc) is 3.24. The summed E-state index contributed by atoms with van der Waals surface area (Å²) in [4.78, 5) is 27.0. The lowest BCUT2D eigenvalue weighted by Crippen LogP contribution is -2.35. The van der Waals surface area contributed by atoms with E-state index in [0.29, 0.717) is 19.0 Å². The molecule has 0 bridgehead atoms. The van der Waals surface area contributed by atoms with Gasteiger partial charge in [0.2, 0.25) is 11.8 Å². The van der Waals surface area contributed by atoms with Crippen molar-refractivity contribution in [2.24, 2.45) is 5.92 Å². The largest absolute Gasteiger partial charge is 0.339 e. The van der Waals surface area contributed by atoms with Crippen LogP contribution in [0.3, 0.4) is 0 Å². The van der Waals surface area contributed by atoms with Crippen molar-refractivity contribution >= 4 is 17.5 Å². The maximum absolute atomic E-state index is 12.7. The number of carbonyl (C=O) groups excluding carboxylic acids is 2. The summed E-state index contributed by atoms with van der Waals surface area (Å²) in [5.41, 5.74) is 3.63. The molecule has 4 rings (SSSR count). The highest BCUT2D eigenvalue weighted by molar-refractivity contribution is 5.97. The van der Waals surface area contributed by atoms with Crippen LogP contribution in [0.4, 0.5) is 5.69 Å². The van der Waals surface area contributed by atoms with Gasteiger partial charge in [0.15, 0.2) is 0 Å². The van der Waals surface area contributed by atoms with Crippen molar-refractivity contribution in [2.75, 3.05) is 11.9 Å². The molecule has 1 saturated heterocycles. The summed E-state index contributed by atoms with van der Waals surface area (Å²) in [5, 5.41) is 3.13. The fourth-order valence-corrected chi connectivity index (χ4v) is 4.61. The van der Waals surface area contributed by atoms with E-state index in [1.54, 1.807) is 0 Å². The number of rotatable bonds is 3. The molecule has 1 heterocycles. The van der Waals surface area contributed by atoms with Gasteiger partial charge in [-0.1, -0.05) is 25.0 Å². The Morgan fingerprint density at radius 1 is 1.08 bits per heavy atom. The van der Waals surface area contributed by atoms with Gasteiger partial charge in [-0.25, -0.2) is 0 Å². The molecule has 2 aliphatic carbocycles. The number of nitrogens with zero attached hydrogens (tertiary/aromatic N) is 1. The van der Waals surface area contributed by atoms with Gasteiger partial charge in [0.25, 0.3) is 0 Å². The molecule has 2 fully saturated rings. The summed E-state index contributed by atoms with van der Waals surface area (Å²) in [6.45, 7) is 0.602. The third-order valence-electron chi connectivity index (χ3n) is 5.95. The van der Waals surface area contributed by atoms with Crippen LogP contribution in [0, 0.1) is 5.92 Å². The minimum absolute atomic E-state index is 0.0165. The SMILES string of the molecule is O=C(Nc1cccc2c1CCCC2)C1CC(=O)N(C2CCCC2)C1. The number of fused-ring (bicyclic) bond motifs is 1. The molecule has 1 aromatic rings. The fraction of sp³-hybridized carbons (Fsp3) is 0.600. The monoisotopic (exact) mass is 326 g/mol. The molecule has 1 aliphatic heterocycles. The second-order valence-electron chi connectivity index (χ2n) is 7.53. The Kier molecular flexibility index (Phi) is 4.30. The molecule has 0 radical (unpaired) electrons. The van der Waals surface area contributed by atoms with Crippen molar-refractivity contribution in [2.45, 2.75) is 63.8 Å². The maximum atomic E-state index is 12.7. The van der Waals surface area contributed by atoms with Gasteiger partial charge in [0.05, 0.1) is 5.92 Å². The van der Waals surface area contributed by atoms with E-state index in [1.165, 1.54) is 36.8 Å². The van der Waals surface area contributed by atoms with Crippen molar-refractivity contribution in [3.05, 3.63) is 29.3 Å². The molecule has 128 valence electrons. The molecule has 1 atom stereocenters. The summed E-state index contributed by atoms with van der Waals surface area (Å²) < 4.78 is 0. The Morgan fingerprint density at radius 2 is 1.88 bits per heavy atom. The van der Waals surface area contributed by atoms with E-state index in [2.05, 4.69) is 11.4 Å². The van der Waals surface area contributed by atoms with Crippen LogP contribution in [0.5, 0.6) is 0 Å². The minimum Gasteiger partial charge on any atom is -0.339 e. The van der Waals surface area contributed by atoms with Crippen molar-refractivity contribution in [3.8, 4) is 0 Å². The van der Waals surface area contributed by atoms with Crippen molar-refractivity contribution < 1.29 is 9.59 Å². The van der Waals surface area contributed by atoms with Crippen LogP contribution in [0.1, 0.15) is 56.1 Å². The Hall–Kier alpha value is -1.84. The second kappa shape index (κ2) is 6.58. The van der Waals surface area contributed by atoms with Crippen molar-refractivity contribution in [1.29, 1.82) is 0 Å². The van der Waals surface area contributed by atoms with Crippen LogP contribution >= 0.6 is 0 Å². The van der Waals surface area contributed by atoms with Crippen LogP contribution in [0.2, 0.25) is 0 Å². The molecule has 1 saturated carbocycles. The van der Waals surface area contributed by atoms with Crippen LogP contribution in [-0.2, 0) is 22.4 Å². The molecule has 2 amide bonds. The Morgan fingerprint density at radius 3 is 2.71 bits per heavy atom. The molecule has 1 N–H and O–H groups in total. The number of benzene rings is 1.